The maximum Gasteiger partial charge on any atom is 0.125 e. The Labute approximate surface area is 128 Å². The van der Waals surface area contributed by atoms with Gasteiger partial charge in [-0.15, -0.1) is 11.3 Å². The van der Waals surface area contributed by atoms with Gasteiger partial charge >= 0.3 is 0 Å². The van der Waals surface area contributed by atoms with Gasteiger partial charge in [-0.25, -0.2) is 4.99 Å². The Bertz CT molecular complexity index is 787. The molecule has 1 heterocycles. The number of hydrogen-bond acceptors (Lipinski definition) is 3. The average molecular weight is 292 g/mol. The molecule has 2 aromatic carbocycles. The summed E-state index contributed by atoms with van der Waals surface area (Å²) in [7, 11) is 0. The summed E-state index contributed by atoms with van der Waals surface area (Å²) in [6.07, 6.45) is 3.37. The first-order valence-corrected chi connectivity index (χ1v) is 7.72. The van der Waals surface area contributed by atoms with Crippen LogP contribution in [0.4, 0.5) is 5.00 Å². The van der Waals surface area contributed by atoms with Crippen LogP contribution in [0.1, 0.15) is 24.0 Å². The summed E-state index contributed by atoms with van der Waals surface area (Å²) in [4.78, 5) is 4.63. The molecule has 0 fully saturated rings. The van der Waals surface area contributed by atoms with Crippen molar-refractivity contribution >= 4 is 38.9 Å². The highest BCUT2D eigenvalue weighted by Crippen LogP contribution is 2.36. The van der Waals surface area contributed by atoms with Crippen molar-refractivity contribution in [2.24, 2.45) is 4.99 Å². The Morgan fingerprint density at radius 2 is 1.76 bits per heavy atom. The summed E-state index contributed by atoms with van der Waals surface area (Å²) in [5.74, 6) is 0.259. The van der Waals surface area contributed by atoms with Gasteiger partial charge in [-0.2, -0.15) is 0 Å². The largest absolute Gasteiger partial charge is 0.308 e. The van der Waals surface area contributed by atoms with Gasteiger partial charge in [0, 0.05) is 34.0 Å². The van der Waals surface area contributed by atoms with Crippen LogP contribution < -0.4 is 0 Å². The highest BCUT2D eigenvalue weighted by Gasteiger charge is 2.09. The zero-order valence-electron chi connectivity index (χ0n) is 11.8. The van der Waals surface area contributed by atoms with Gasteiger partial charge in [0.25, 0.3) is 0 Å². The predicted molar refractivity (Wildman–Crippen MR) is 92.7 cm³/mol. The summed E-state index contributed by atoms with van der Waals surface area (Å²) < 4.78 is 1.18. The molecule has 1 unspecified atom stereocenters. The van der Waals surface area contributed by atoms with Gasteiger partial charge in [0.2, 0.25) is 0 Å². The summed E-state index contributed by atoms with van der Waals surface area (Å²) in [5, 5.41) is 9.66. The molecule has 0 amide bonds. The first-order chi connectivity index (χ1) is 10.3. The third kappa shape index (κ3) is 2.78. The van der Waals surface area contributed by atoms with Gasteiger partial charge < -0.3 is 5.41 Å². The quantitative estimate of drug-likeness (QED) is 0.625. The monoisotopic (exact) mass is 292 g/mol. The first kappa shape index (κ1) is 13.7. The molecule has 0 aliphatic heterocycles. The Morgan fingerprint density at radius 1 is 1.05 bits per heavy atom. The van der Waals surface area contributed by atoms with E-state index in [-0.39, 0.29) is 5.92 Å². The van der Waals surface area contributed by atoms with Crippen LogP contribution in [0.5, 0.6) is 0 Å². The van der Waals surface area contributed by atoms with Crippen molar-refractivity contribution in [1.29, 1.82) is 5.41 Å². The summed E-state index contributed by atoms with van der Waals surface area (Å²) >= 11 is 1.64. The standard InChI is InChI=1S/C18H16N2S/c1-13(14-7-3-2-4-8-14)12-20-18-16(11-19)15-9-5-6-10-17(15)21-18/h2-13,19H,1H3/b19-11?,20-12-. The van der Waals surface area contributed by atoms with E-state index in [2.05, 4.69) is 30.1 Å². The van der Waals surface area contributed by atoms with Crippen molar-refractivity contribution < 1.29 is 0 Å². The van der Waals surface area contributed by atoms with Crippen molar-refractivity contribution in [3.05, 3.63) is 65.7 Å². The molecule has 0 radical (unpaired) electrons. The summed E-state index contributed by atoms with van der Waals surface area (Å²) in [6, 6.07) is 18.5. The number of nitrogens with zero attached hydrogens (tertiary/aromatic N) is 1. The van der Waals surface area contributed by atoms with E-state index >= 15 is 0 Å². The van der Waals surface area contributed by atoms with E-state index < -0.39 is 0 Å². The molecule has 1 atom stereocenters. The van der Waals surface area contributed by atoms with E-state index in [1.54, 1.807) is 11.3 Å². The molecule has 0 spiro atoms. The highest BCUT2D eigenvalue weighted by molar-refractivity contribution is 7.23. The molecule has 0 saturated carbocycles. The van der Waals surface area contributed by atoms with Crippen LogP contribution in [0.2, 0.25) is 0 Å². The van der Waals surface area contributed by atoms with Crippen LogP contribution >= 0.6 is 11.3 Å². The second-order valence-electron chi connectivity index (χ2n) is 4.94. The normalized spacial score (nSPS) is 12.8. The van der Waals surface area contributed by atoms with Crippen molar-refractivity contribution in [3.8, 4) is 0 Å². The van der Waals surface area contributed by atoms with Crippen molar-refractivity contribution in [1.82, 2.24) is 0 Å². The van der Waals surface area contributed by atoms with E-state index in [1.807, 2.05) is 42.6 Å². The third-order valence-electron chi connectivity index (χ3n) is 3.50. The van der Waals surface area contributed by atoms with Gasteiger partial charge in [0.1, 0.15) is 5.00 Å². The average Bonchev–Trinajstić information content (AvgIpc) is 2.91. The van der Waals surface area contributed by atoms with Crippen LogP contribution in [0, 0.1) is 5.41 Å². The second kappa shape index (κ2) is 6.02. The van der Waals surface area contributed by atoms with E-state index in [1.165, 1.54) is 16.5 Å². The SMILES string of the molecule is CC(/C=N\c1sc2ccccc2c1C=N)c1ccccc1. The van der Waals surface area contributed by atoms with Crippen molar-refractivity contribution in [3.63, 3.8) is 0 Å². The minimum Gasteiger partial charge on any atom is -0.308 e. The van der Waals surface area contributed by atoms with E-state index in [0.29, 0.717) is 0 Å². The third-order valence-corrected chi connectivity index (χ3v) is 4.59. The van der Waals surface area contributed by atoms with Crippen LogP contribution in [0.15, 0.2) is 59.6 Å². The molecule has 1 aromatic heterocycles. The molecule has 3 aromatic rings. The number of fused-ring (bicyclic) bond motifs is 1. The van der Waals surface area contributed by atoms with Crippen LogP contribution in [-0.2, 0) is 0 Å². The van der Waals surface area contributed by atoms with Crippen LogP contribution in [-0.4, -0.2) is 12.4 Å². The van der Waals surface area contributed by atoms with Gasteiger partial charge in [-0.1, -0.05) is 55.5 Å². The fourth-order valence-electron chi connectivity index (χ4n) is 2.31. The van der Waals surface area contributed by atoms with Crippen LogP contribution in [0.3, 0.4) is 0 Å². The van der Waals surface area contributed by atoms with E-state index in [4.69, 9.17) is 5.41 Å². The first-order valence-electron chi connectivity index (χ1n) is 6.90. The molecular weight excluding hydrogens is 276 g/mol. The Hall–Kier alpha value is -2.26. The lowest BCUT2D eigenvalue weighted by atomic mass is 10.0. The summed E-state index contributed by atoms with van der Waals surface area (Å²) in [5.41, 5.74) is 2.16. The molecule has 0 aliphatic carbocycles. The minimum absolute atomic E-state index is 0.259. The molecule has 0 saturated heterocycles. The minimum atomic E-state index is 0.259. The number of rotatable bonds is 4. The smallest absolute Gasteiger partial charge is 0.125 e. The van der Waals surface area contributed by atoms with Gasteiger partial charge in [0.15, 0.2) is 0 Å². The number of thiophene rings is 1. The van der Waals surface area contributed by atoms with E-state index in [0.717, 1.165) is 16.0 Å². The Balaban J connectivity index is 1.94. The maximum atomic E-state index is 7.64. The van der Waals surface area contributed by atoms with Crippen LogP contribution in [0.25, 0.3) is 10.1 Å². The number of benzene rings is 2. The molecule has 0 bridgehead atoms. The number of hydrogen-bond donors (Lipinski definition) is 1. The topological polar surface area (TPSA) is 36.2 Å². The maximum absolute atomic E-state index is 7.64. The molecule has 1 N–H and O–H groups in total. The molecule has 104 valence electrons. The zero-order chi connectivity index (χ0) is 14.7. The van der Waals surface area contributed by atoms with Crippen molar-refractivity contribution in [2.45, 2.75) is 12.8 Å². The van der Waals surface area contributed by atoms with Gasteiger partial charge in [-0.05, 0) is 11.6 Å². The number of aliphatic imine (C=N–C) groups is 1. The fraction of sp³-hybridized carbons (Fsp3) is 0.111. The van der Waals surface area contributed by atoms with E-state index in [9.17, 15) is 0 Å². The predicted octanol–water partition coefficient (Wildman–Crippen LogP) is 5.40. The highest BCUT2D eigenvalue weighted by atomic mass is 32.1. The fourth-order valence-corrected chi connectivity index (χ4v) is 3.35. The molecule has 0 aliphatic rings. The zero-order valence-corrected chi connectivity index (χ0v) is 12.6. The molecule has 3 heteroatoms. The molecule has 3 rings (SSSR count). The lowest BCUT2D eigenvalue weighted by molar-refractivity contribution is 1.04. The second-order valence-corrected chi connectivity index (χ2v) is 5.97. The lowest BCUT2D eigenvalue weighted by Gasteiger charge is -2.04. The molecule has 2 nitrogen and oxygen atoms in total. The number of nitrogens with one attached hydrogen (secondary N) is 1. The van der Waals surface area contributed by atoms with Crippen molar-refractivity contribution in [2.75, 3.05) is 0 Å². The molecule has 21 heavy (non-hydrogen) atoms. The molecular formula is C18H16N2S. The van der Waals surface area contributed by atoms with Gasteiger partial charge in [0.05, 0.1) is 0 Å². The lowest BCUT2D eigenvalue weighted by Crippen LogP contribution is -1.93. The Kier molecular flexibility index (Phi) is 3.93. The Morgan fingerprint density at radius 3 is 2.52 bits per heavy atom. The summed E-state index contributed by atoms with van der Waals surface area (Å²) in [6.45, 7) is 2.14. The van der Waals surface area contributed by atoms with Gasteiger partial charge in [-0.3, -0.25) is 0 Å².